The molecule has 0 saturated heterocycles. The molecule has 0 amide bonds. The molecule has 0 aromatic heterocycles. The second-order valence-corrected chi connectivity index (χ2v) is 16.4. The molecule has 0 aliphatic rings. The summed E-state index contributed by atoms with van der Waals surface area (Å²) in [6.07, 6.45) is 0. The molecular weight excluding hydrogens is 519 g/mol. The van der Waals surface area contributed by atoms with Crippen molar-refractivity contribution in [1.82, 2.24) is 4.57 Å². The van der Waals surface area contributed by atoms with Crippen LogP contribution in [0.3, 0.4) is 0 Å². The Morgan fingerprint density at radius 1 is 0.450 bits per heavy atom. The molecule has 0 unspecified atom stereocenters. The van der Waals surface area contributed by atoms with Gasteiger partial charge in [-0.2, -0.15) is 0 Å². The standard InChI is InChI=1S/C36H31NOSi2/c1-37(2)39(33-19-7-3-8-20-33,34-21-9-4-10-22-34)29-27-31-17-15-16-18-32(31)28-30-40(38,35-23-11-5-12-24-35)36-25-13-6-14-26-36/h3-26,38H,1-2H3. The van der Waals surface area contributed by atoms with Crippen molar-refractivity contribution in [2.24, 2.45) is 0 Å². The predicted molar refractivity (Wildman–Crippen MR) is 172 cm³/mol. The topological polar surface area (TPSA) is 23.5 Å². The predicted octanol–water partition coefficient (Wildman–Crippen LogP) is 3.54. The highest BCUT2D eigenvalue weighted by atomic mass is 28.4. The van der Waals surface area contributed by atoms with Gasteiger partial charge in [0.25, 0.3) is 8.24 Å². The Kier molecular flexibility index (Phi) is 8.27. The number of hydrogen-bond donors (Lipinski definition) is 1. The van der Waals surface area contributed by atoms with Crippen LogP contribution in [0.1, 0.15) is 11.1 Å². The van der Waals surface area contributed by atoms with Crippen molar-refractivity contribution >= 4 is 37.3 Å². The van der Waals surface area contributed by atoms with Gasteiger partial charge in [0.2, 0.25) is 0 Å². The smallest absolute Gasteiger partial charge is 0.335 e. The molecule has 2 nitrogen and oxygen atoms in total. The Labute approximate surface area is 239 Å². The lowest BCUT2D eigenvalue weighted by molar-refractivity contribution is 0.584. The second-order valence-electron chi connectivity index (χ2n) is 9.82. The van der Waals surface area contributed by atoms with E-state index in [1.165, 1.54) is 10.4 Å². The fourth-order valence-electron chi connectivity index (χ4n) is 4.98. The molecule has 0 spiro atoms. The molecule has 0 saturated carbocycles. The second kappa shape index (κ2) is 12.2. The monoisotopic (exact) mass is 549 g/mol. The van der Waals surface area contributed by atoms with Crippen LogP contribution in [0, 0.1) is 22.9 Å². The molecule has 5 rings (SSSR count). The van der Waals surface area contributed by atoms with E-state index in [2.05, 4.69) is 90.1 Å². The minimum absolute atomic E-state index is 0.815. The minimum Gasteiger partial charge on any atom is -0.415 e. The molecule has 0 fully saturated rings. The zero-order valence-corrected chi connectivity index (χ0v) is 24.8. The van der Waals surface area contributed by atoms with Crippen molar-refractivity contribution < 1.29 is 4.80 Å². The van der Waals surface area contributed by atoms with Gasteiger partial charge in [0.05, 0.1) is 0 Å². The van der Waals surface area contributed by atoms with Crippen molar-refractivity contribution in [2.75, 3.05) is 14.1 Å². The van der Waals surface area contributed by atoms with Crippen LogP contribution in [-0.4, -0.2) is 40.0 Å². The van der Waals surface area contributed by atoms with Crippen LogP contribution >= 0.6 is 0 Å². The highest BCUT2D eigenvalue weighted by Crippen LogP contribution is 2.12. The first-order valence-corrected chi connectivity index (χ1v) is 17.2. The third-order valence-corrected chi connectivity index (χ3v) is 14.1. The van der Waals surface area contributed by atoms with Crippen LogP contribution in [0.25, 0.3) is 0 Å². The zero-order chi connectivity index (χ0) is 27.8. The van der Waals surface area contributed by atoms with Gasteiger partial charge >= 0.3 is 8.32 Å². The third-order valence-electron chi connectivity index (χ3n) is 7.12. The maximum atomic E-state index is 12.1. The Hall–Kier alpha value is -4.43. The van der Waals surface area contributed by atoms with Gasteiger partial charge < -0.3 is 9.36 Å². The first-order chi connectivity index (χ1) is 19.5. The summed E-state index contributed by atoms with van der Waals surface area (Å²) in [6, 6.07) is 48.8. The Balaban J connectivity index is 1.65. The van der Waals surface area contributed by atoms with Gasteiger partial charge in [0.15, 0.2) is 0 Å². The van der Waals surface area contributed by atoms with Crippen molar-refractivity contribution in [3.63, 3.8) is 0 Å². The highest BCUT2D eigenvalue weighted by Gasteiger charge is 2.39. The van der Waals surface area contributed by atoms with E-state index in [0.29, 0.717) is 0 Å². The normalized spacial score (nSPS) is 11.2. The van der Waals surface area contributed by atoms with Gasteiger partial charge in [0.1, 0.15) is 0 Å². The van der Waals surface area contributed by atoms with Crippen molar-refractivity contribution in [2.45, 2.75) is 0 Å². The molecule has 0 bridgehead atoms. The molecule has 194 valence electrons. The molecule has 40 heavy (non-hydrogen) atoms. The summed E-state index contributed by atoms with van der Waals surface area (Å²) in [5.74, 6) is 6.91. The quantitative estimate of drug-likeness (QED) is 0.268. The van der Waals surface area contributed by atoms with Crippen molar-refractivity contribution in [3.8, 4) is 22.9 Å². The van der Waals surface area contributed by atoms with E-state index in [9.17, 15) is 4.80 Å². The summed E-state index contributed by atoms with van der Waals surface area (Å²) in [4.78, 5) is 12.1. The summed E-state index contributed by atoms with van der Waals surface area (Å²) in [5, 5.41) is 4.20. The molecular formula is C36H31NOSi2. The molecule has 4 heteroatoms. The first-order valence-electron chi connectivity index (χ1n) is 13.3. The van der Waals surface area contributed by atoms with E-state index in [0.717, 1.165) is 21.5 Å². The lowest BCUT2D eigenvalue weighted by Gasteiger charge is -2.33. The summed E-state index contributed by atoms with van der Waals surface area (Å²) in [7, 11) is -1.67. The average molecular weight is 550 g/mol. The lowest BCUT2D eigenvalue weighted by Crippen LogP contribution is -2.67. The summed E-state index contributed by atoms with van der Waals surface area (Å²) in [5.41, 5.74) is 8.80. The van der Waals surface area contributed by atoms with Crippen LogP contribution in [0.2, 0.25) is 0 Å². The fraction of sp³-hybridized carbons (Fsp3) is 0.0556. The highest BCUT2D eigenvalue weighted by molar-refractivity contribution is 7.06. The fourth-order valence-corrected chi connectivity index (χ4v) is 10.8. The molecule has 5 aromatic carbocycles. The van der Waals surface area contributed by atoms with E-state index < -0.39 is 16.6 Å². The Bertz CT molecular complexity index is 1600. The SMILES string of the molecule is CN(C)[Si](C#Cc1ccccc1C#C[Si](O)(c1ccccc1)c1ccccc1)(c1ccccc1)c1ccccc1. The van der Waals surface area contributed by atoms with Crippen LogP contribution in [0.15, 0.2) is 146 Å². The van der Waals surface area contributed by atoms with Crippen molar-refractivity contribution in [3.05, 3.63) is 157 Å². The average Bonchev–Trinajstić information content (AvgIpc) is 3.02. The van der Waals surface area contributed by atoms with E-state index in [4.69, 9.17) is 0 Å². The van der Waals surface area contributed by atoms with Crippen LogP contribution in [0.5, 0.6) is 0 Å². The summed E-state index contributed by atoms with van der Waals surface area (Å²) < 4.78 is 2.30. The number of hydrogen-bond acceptors (Lipinski definition) is 2. The van der Waals surface area contributed by atoms with E-state index in [1.807, 2.05) is 97.1 Å². The van der Waals surface area contributed by atoms with Gasteiger partial charge in [0, 0.05) is 11.1 Å². The summed E-state index contributed by atoms with van der Waals surface area (Å²) >= 11 is 0. The van der Waals surface area contributed by atoms with Gasteiger partial charge in [-0.05, 0) is 47.0 Å². The number of benzene rings is 5. The third kappa shape index (κ3) is 5.49. The molecule has 0 heterocycles. The Morgan fingerprint density at radius 3 is 1.15 bits per heavy atom. The summed E-state index contributed by atoms with van der Waals surface area (Å²) in [6.45, 7) is 0. The lowest BCUT2D eigenvalue weighted by atomic mass is 10.1. The number of rotatable bonds is 5. The molecule has 1 N–H and O–H groups in total. The molecule has 5 aromatic rings. The minimum atomic E-state index is -3.30. The van der Waals surface area contributed by atoms with Crippen LogP contribution in [0.4, 0.5) is 0 Å². The molecule has 0 aliphatic heterocycles. The zero-order valence-electron chi connectivity index (χ0n) is 22.8. The van der Waals surface area contributed by atoms with Gasteiger partial charge in [-0.1, -0.05) is 156 Å². The first kappa shape index (κ1) is 27.2. The van der Waals surface area contributed by atoms with E-state index in [-0.39, 0.29) is 0 Å². The van der Waals surface area contributed by atoms with E-state index >= 15 is 0 Å². The maximum absolute atomic E-state index is 12.1. The van der Waals surface area contributed by atoms with Crippen LogP contribution < -0.4 is 20.7 Å². The Morgan fingerprint density at radius 2 is 0.775 bits per heavy atom. The molecule has 0 atom stereocenters. The molecule has 0 aliphatic carbocycles. The van der Waals surface area contributed by atoms with Gasteiger partial charge in [-0.25, -0.2) is 0 Å². The van der Waals surface area contributed by atoms with Gasteiger partial charge in [-0.3, -0.25) is 0 Å². The largest absolute Gasteiger partial charge is 0.415 e. The number of nitrogens with zero attached hydrogens (tertiary/aromatic N) is 1. The van der Waals surface area contributed by atoms with Gasteiger partial charge in [-0.15, -0.1) is 0 Å². The van der Waals surface area contributed by atoms with Crippen LogP contribution in [-0.2, 0) is 0 Å². The maximum Gasteiger partial charge on any atom is 0.335 e. The van der Waals surface area contributed by atoms with Crippen molar-refractivity contribution in [1.29, 1.82) is 0 Å². The molecule has 0 radical (unpaired) electrons. The van der Waals surface area contributed by atoms with E-state index in [1.54, 1.807) is 0 Å².